The van der Waals surface area contributed by atoms with Crippen LogP contribution >= 0.6 is 20.0 Å². The lowest BCUT2D eigenvalue weighted by Gasteiger charge is -2.30. The normalized spacial score (nSPS) is 15.9. The second kappa shape index (κ2) is 45.2. The van der Waals surface area contributed by atoms with E-state index in [1.807, 2.05) is 5.32 Å². The Hall–Kier alpha value is -8.56. The van der Waals surface area contributed by atoms with Crippen LogP contribution in [0.3, 0.4) is 0 Å². The van der Waals surface area contributed by atoms with Crippen LogP contribution in [-0.4, -0.2) is 241 Å². The molecular weight excluding hydrogens is 1350 g/mol. The predicted molar refractivity (Wildman–Crippen MR) is 347 cm³/mol. The van der Waals surface area contributed by atoms with Gasteiger partial charge >= 0.3 is 32.1 Å². The van der Waals surface area contributed by atoms with Gasteiger partial charge in [-0.2, -0.15) is 11.8 Å². The van der Waals surface area contributed by atoms with Gasteiger partial charge in [-0.05, 0) is 99.8 Å². The van der Waals surface area contributed by atoms with Gasteiger partial charge in [-0.25, -0.2) is 4.79 Å². The number of hydrogen-bond donors (Lipinski definition) is 20. The van der Waals surface area contributed by atoms with E-state index in [1.165, 1.54) is 34.6 Å². The van der Waals surface area contributed by atoms with Gasteiger partial charge in [-0.3, -0.25) is 67.1 Å². The highest BCUT2D eigenvalue weighted by molar-refractivity contribution is 7.98. The van der Waals surface area contributed by atoms with Gasteiger partial charge in [0.05, 0.1) is 24.7 Å². The zero-order chi connectivity index (χ0) is 75.6. The average Bonchev–Trinajstić information content (AvgIpc) is 0.856. The van der Waals surface area contributed by atoms with E-state index in [0.717, 1.165) is 25.6 Å². The molecule has 1 aromatic rings. The van der Waals surface area contributed by atoms with Gasteiger partial charge in [-0.1, -0.05) is 58.0 Å². The molecule has 0 fully saturated rings. The maximum absolute atomic E-state index is 14.3. The van der Waals surface area contributed by atoms with Gasteiger partial charge in [-0.15, -0.1) is 4.52 Å². The smallest absolute Gasteiger partial charge is 0.488 e. The summed E-state index contributed by atoms with van der Waals surface area (Å²) in [6.45, 7) is 8.06. The lowest BCUT2D eigenvalue weighted by atomic mass is 9.99. The number of thioether (sulfide) groups is 1. The number of unbranched alkanes of at least 4 members (excludes halogenated alkanes) is 1. The van der Waals surface area contributed by atoms with Crippen molar-refractivity contribution < 1.29 is 122 Å². The Balaban J connectivity index is 3.66. The molecule has 556 valence electrons. The fourth-order valence-corrected chi connectivity index (χ4v) is 9.80. The summed E-state index contributed by atoms with van der Waals surface area (Å²) in [5, 5.41) is 94.9. The minimum Gasteiger partial charge on any atom is -0.566 e. The van der Waals surface area contributed by atoms with Gasteiger partial charge in [0.15, 0.2) is 0 Å². The SMILES string of the molecule is CSCC[C@H](NC(=O)[C@H](CC(=O)O)NC(=O)[C@@H](NC(=O)[C@@H](N)[C@@H](C)O)C(C)C)C(=O)N[C@@H](CCC(=O)O)C(=O)N[C@@H](CO[P+](=O)[O-])C(=O)N[C@H](C(=O)N[C@@H](CCC(=O)O)C(=O)N[C@H](C(=O)N[C@@H](Cc1ccccc1)C(=O)N[C@H](C(=O)N[C@@H](CCCCN)C(=O)O)[C@@H](C)O)C(C)C)[C@@H](C)O. The number of amides is 11. The molecule has 0 saturated carbocycles. The Morgan fingerprint density at radius 2 is 0.838 bits per heavy atom. The average molecular weight is 1450 g/mol. The third kappa shape index (κ3) is 33.2. The first-order chi connectivity index (χ1) is 46.3. The van der Waals surface area contributed by atoms with Crippen LogP contribution in [0.25, 0.3) is 0 Å². The number of nitrogens with one attached hydrogen (secondary N) is 11. The number of carboxylic acids is 4. The molecule has 1 rings (SSSR count). The van der Waals surface area contributed by atoms with E-state index >= 15 is 0 Å². The third-order valence-corrected chi connectivity index (χ3v) is 15.7. The molecule has 99 heavy (non-hydrogen) atoms. The summed E-state index contributed by atoms with van der Waals surface area (Å²) in [6, 6.07) is -13.4. The predicted octanol–water partition coefficient (Wildman–Crippen LogP) is -6.45. The monoisotopic (exact) mass is 1450 g/mol. The number of rotatable bonds is 48. The highest BCUT2D eigenvalue weighted by atomic mass is 32.2. The summed E-state index contributed by atoms with van der Waals surface area (Å²) in [5.74, 6) is -21.1. The molecule has 0 aromatic heterocycles. The number of carbonyl (C=O) groups excluding carboxylic acids is 11. The quantitative estimate of drug-likeness (QED) is 0.0213. The molecule has 11 amide bonds. The Morgan fingerprint density at radius 1 is 0.465 bits per heavy atom. The molecule has 16 atom stereocenters. The van der Waals surface area contributed by atoms with Crippen molar-refractivity contribution in [2.45, 2.75) is 203 Å². The summed E-state index contributed by atoms with van der Waals surface area (Å²) >= 11 is 1.14. The number of aliphatic hydroxyl groups is 3. The summed E-state index contributed by atoms with van der Waals surface area (Å²) < 4.78 is 16.3. The lowest BCUT2D eigenvalue weighted by Crippen LogP contribution is -2.63. The molecule has 0 saturated heterocycles. The summed E-state index contributed by atoms with van der Waals surface area (Å²) in [6.07, 6.45) is -7.62. The molecular formula is C59H94N13O25PS. The highest BCUT2D eigenvalue weighted by Crippen LogP contribution is 2.15. The molecule has 0 spiro atoms. The molecule has 0 aliphatic heterocycles. The van der Waals surface area contributed by atoms with E-state index in [1.54, 1.807) is 36.6 Å². The van der Waals surface area contributed by atoms with Crippen molar-refractivity contribution in [2.24, 2.45) is 23.3 Å². The van der Waals surface area contributed by atoms with Crippen molar-refractivity contribution in [1.29, 1.82) is 0 Å². The van der Waals surface area contributed by atoms with Crippen molar-refractivity contribution in [3.8, 4) is 0 Å². The Labute approximate surface area is 574 Å². The van der Waals surface area contributed by atoms with Crippen LogP contribution in [0, 0.1) is 11.8 Å². The van der Waals surface area contributed by atoms with E-state index in [2.05, 4.69) is 57.7 Å². The van der Waals surface area contributed by atoms with Crippen LogP contribution in [0.4, 0.5) is 0 Å². The van der Waals surface area contributed by atoms with Crippen LogP contribution in [-0.2, 0) is 87.4 Å². The number of carbonyl (C=O) groups is 15. The molecule has 0 bridgehead atoms. The molecule has 40 heteroatoms. The largest absolute Gasteiger partial charge is 0.566 e. The Morgan fingerprint density at radius 3 is 1.25 bits per heavy atom. The summed E-state index contributed by atoms with van der Waals surface area (Å²) in [5.41, 5.74) is 11.7. The zero-order valence-electron chi connectivity index (χ0n) is 55.9. The number of benzene rings is 1. The number of aliphatic hydroxyl groups excluding tert-OH is 3. The molecule has 1 unspecified atom stereocenters. The molecule has 0 aliphatic rings. The van der Waals surface area contributed by atoms with Gasteiger partial charge in [0.25, 0.3) is 0 Å². The van der Waals surface area contributed by atoms with Crippen molar-refractivity contribution >= 4 is 109 Å². The van der Waals surface area contributed by atoms with Crippen LogP contribution in [0.1, 0.15) is 112 Å². The summed E-state index contributed by atoms with van der Waals surface area (Å²) in [7, 11) is -3.84. The molecule has 0 heterocycles. The van der Waals surface area contributed by atoms with Gasteiger partial charge in [0, 0.05) is 19.3 Å². The van der Waals surface area contributed by atoms with Crippen LogP contribution in [0.5, 0.6) is 0 Å². The van der Waals surface area contributed by atoms with Gasteiger partial charge < -0.3 is 111 Å². The lowest BCUT2D eigenvalue weighted by molar-refractivity contribution is -0.186. The minimum atomic E-state index is -3.84. The van der Waals surface area contributed by atoms with E-state index in [4.69, 9.17) is 11.5 Å². The van der Waals surface area contributed by atoms with E-state index in [0.29, 0.717) is 18.4 Å². The second-order valence-electron chi connectivity index (χ2n) is 23.7. The number of hydrogen-bond acceptors (Lipinski definition) is 24. The second-order valence-corrected chi connectivity index (χ2v) is 25.4. The van der Waals surface area contributed by atoms with Crippen molar-refractivity contribution in [3.05, 3.63) is 35.9 Å². The highest BCUT2D eigenvalue weighted by Gasteiger charge is 2.40. The summed E-state index contributed by atoms with van der Waals surface area (Å²) in [4.78, 5) is 212. The van der Waals surface area contributed by atoms with Gasteiger partial charge in [0.2, 0.25) is 65.0 Å². The van der Waals surface area contributed by atoms with E-state index in [-0.39, 0.29) is 31.6 Å². The standard InChI is InChI=1S/C59H94N13O25PS/c1-27(2)44(55(89)66-37(24-32-14-10-9-11-15-32)52(86)71-47(31(7)75)58(92)65-36(59(93)94)16-12-13-22-60)69-50(84)34(18-20-41(78)79)64-57(91)46(30(6)74)72-53(87)39(26-97-98(95)96)68-48(82)33(17-19-40(76)77)62-49(83)35(21-23-99-8)63-51(85)38(25-42(80)81)67-56(90)45(28(3)4)70-54(88)43(61)29(5)73/h9-11,14-15,27-31,33-39,43-47,73-75H,12-13,16-26,60-61H2,1-8H3,(H,62,83)(H,63,85)(H,64,91)(H,65,92)(H,66,89)(H,67,90)(H,68,82)(H,69,84)(H,70,88)(H,71,86)(H,72,87)(H,76,77)(H,78,79)(H,80,81)(H,93,94)/t29-,30-,31-,33+,34+,35+,36+,37+,38+,39+,43+,44+,45+,46+,47+/m1/s1. The Bertz CT molecular complexity index is 2950. The van der Waals surface area contributed by atoms with Crippen LogP contribution in [0.2, 0.25) is 0 Å². The molecule has 1 aromatic carbocycles. The third-order valence-electron chi connectivity index (χ3n) is 14.7. The number of nitrogens with two attached hydrogens (primary N) is 2. The zero-order valence-corrected chi connectivity index (χ0v) is 57.6. The van der Waals surface area contributed by atoms with Crippen LogP contribution in [0.15, 0.2) is 30.3 Å². The number of carboxylic acid groups (broad SMARTS) is 4. The maximum atomic E-state index is 14.3. The fraction of sp³-hybridized carbons (Fsp3) is 0.644. The first-order valence-electron chi connectivity index (χ1n) is 31.3. The Kier molecular flexibility index (Phi) is 40.4. The van der Waals surface area contributed by atoms with Crippen molar-refractivity contribution in [1.82, 2.24) is 58.5 Å². The molecule has 22 N–H and O–H groups in total. The maximum Gasteiger partial charge on any atom is 0.488 e. The van der Waals surface area contributed by atoms with Crippen molar-refractivity contribution in [2.75, 3.05) is 25.2 Å². The minimum absolute atomic E-state index is 0.0475. The van der Waals surface area contributed by atoms with Crippen LogP contribution < -0.4 is 74.8 Å². The molecule has 0 aliphatic carbocycles. The first-order valence-corrected chi connectivity index (χ1v) is 33.8. The fourth-order valence-electron chi connectivity index (χ4n) is 9.06. The molecule has 38 nitrogen and oxygen atoms in total. The molecule has 0 radical (unpaired) electrons. The van der Waals surface area contributed by atoms with Gasteiger partial charge in [0.1, 0.15) is 79.1 Å². The first kappa shape index (κ1) is 88.5. The van der Waals surface area contributed by atoms with Crippen molar-refractivity contribution in [3.63, 3.8) is 0 Å². The topological polar surface area (TPSA) is 631 Å². The van der Waals surface area contributed by atoms with E-state index < -0.39 is 238 Å². The number of aliphatic carboxylic acids is 4. The van der Waals surface area contributed by atoms with E-state index in [9.17, 15) is 117 Å².